The van der Waals surface area contributed by atoms with E-state index in [1.54, 1.807) is 24.3 Å². The highest BCUT2D eigenvalue weighted by molar-refractivity contribution is 6.01. The lowest BCUT2D eigenvalue weighted by Gasteiger charge is -2.25. The molecule has 2 aliphatic heterocycles. The molecule has 0 saturated carbocycles. The summed E-state index contributed by atoms with van der Waals surface area (Å²) in [5, 5.41) is 10.7. The molecule has 122 valence electrons. The molecule has 0 aromatic heterocycles. The van der Waals surface area contributed by atoms with Crippen molar-refractivity contribution >= 4 is 23.0 Å². The van der Waals surface area contributed by atoms with Gasteiger partial charge in [-0.15, -0.1) is 5.53 Å². The molecule has 9 heteroatoms. The van der Waals surface area contributed by atoms with Crippen molar-refractivity contribution in [3.8, 4) is 0 Å². The number of rotatable bonds is 1. The predicted molar refractivity (Wildman–Crippen MR) is 79.3 cm³/mol. The Balaban J connectivity index is 1.66. The van der Waals surface area contributed by atoms with Crippen LogP contribution in [0.5, 0.6) is 0 Å². The number of anilines is 2. The maximum Gasteiger partial charge on any atom is 0.416 e. The highest BCUT2D eigenvalue weighted by Crippen LogP contribution is 2.37. The molecule has 1 amide bonds. The van der Waals surface area contributed by atoms with Gasteiger partial charge in [0.15, 0.2) is 0 Å². The van der Waals surface area contributed by atoms with Crippen LogP contribution in [0.2, 0.25) is 0 Å². The maximum atomic E-state index is 12.6. The van der Waals surface area contributed by atoms with Gasteiger partial charge in [-0.1, -0.05) is 12.1 Å². The van der Waals surface area contributed by atoms with Gasteiger partial charge in [-0.05, 0) is 36.4 Å². The lowest BCUT2D eigenvalue weighted by molar-refractivity contribution is -0.137. The molecule has 2 aromatic carbocycles. The molecular weight excluding hydrogens is 323 g/mol. The van der Waals surface area contributed by atoms with Crippen LogP contribution in [-0.4, -0.2) is 12.1 Å². The van der Waals surface area contributed by atoms with Crippen LogP contribution < -0.4 is 15.6 Å². The first-order chi connectivity index (χ1) is 11.4. The van der Waals surface area contributed by atoms with Crippen LogP contribution in [0.15, 0.2) is 58.8 Å². The molecule has 24 heavy (non-hydrogen) atoms. The molecule has 1 fully saturated rings. The number of carbonyl (C=O) groups is 1. The molecule has 0 radical (unpaired) electrons. The topological polar surface area (TPSA) is 60.3 Å². The van der Waals surface area contributed by atoms with Crippen LogP contribution >= 0.6 is 0 Å². The van der Waals surface area contributed by atoms with E-state index < -0.39 is 23.8 Å². The molecule has 1 N–H and O–H groups in total. The summed E-state index contributed by atoms with van der Waals surface area (Å²) >= 11 is 0. The van der Waals surface area contributed by atoms with Crippen LogP contribution in [0.25, 0.3) is 0 Å². The van der Waals surface area contributed by atoms with Crippen molar-refractivity contribution in [3.63, 3.8) is 0 Å². The molecule has 2 heterocycles. The summed E-state index contributed by atoms with van der Waals surface area (Å²) in [6.45, 7) is 0. The molecular formula is C15H10F3N5O. The van der Waals surface area contributed by atoms with Crippen LogP contribution in [0.3, 0.4) is 0 Å². The monoisotopic (exact) mass is 333 g/mol. The molecule has 2 aromatic rings. The largest absolute Gasteiger partial charge is 0.416 e. The van der Waals surface area contributed by atoms with Gasteiger partial charge in [0.1, 0.15) is 5.69 Å². The lowest BCUT2D eigenvalue weighted by Crippen LogP contribution is -2.42. The first-order valence-electron chi connectivity index (χ1n) is 7.02. The number of fused-ring (bicyclic) bond motifs is 3. The minimum Gasteiger partial charge on any atom is -0.268 e. The number of azo groups is 1. The van der Waals surface area contributed by atoms with E-state index in [0.29, 0.717) is 11.4 Å². The molecule has 0 aliphatic carbocycles. The van der Waals surface area contributed by atoms with Crippen molar-refractivity contribution in [1.29, 1.82) is 0 Å². The number of halogens is 3. The number of hydrogen-bond donors (Lipinski definition) is 1. The van der Waals surface area contributed by atoms with Crippen LogP contribution in [0.1, 0.15) is 5.56 Å². The second kappa shape index (κ2) is 5.03. The third-order valence-electron chi connectivity index (χ3n) is 3.76. The van der Waals surface area contributed by atoms with Crippen molar-refractivity contribution in [2.75, 3.05) is 10.0 Å². The van der Waals surface area contributed by atoms with E-state index in [-0.39, 0.29) is 5.69 Å². The number of hydrazine groups is 2. The van der Waals surface area contributed by atoms with Crippen LogP contribution in [0, 0.1) is 0 Å². The minimum absolute atomic E-state index is 0.287. The van der Waals surface area contributed by atoms with Gasteiger partial charge in [-0.25, -0.2) is 5.01 Å². The second-order valence-electron chi connectivity index (χ2n) is 5.27. The van der Waals surface area contributed by atoms with Crippen molar-refractivity contribution < 1.29 is 18.0 Å². The van der Waals surface area contributed by atoms with E-state index in [0.717, 1.165) is 17.1 Å². The van der Waals surface area contributed by atoms with E-state index in [2.05, 4.69) is 15.8 Å². The van der Waals surface area contributed by atoms with E-state index in [9.17, 15) is 18.0 Å². The summed E-state index contributed by atoms with van der Waals surface area (Å²) in [7, 11) is 0. The zero-order chi connectivity index (χ0) is 16.9. The van der Waals surface area contributed by atoms with Gasteiger partial charge in [0, 0.05) is 0 Å². The van der Waals surface area contributed by atoms with Gasteiger partial charge in [0.2, 0.25) is 6.17 Å². The number of benzene rings is 2. The van der Waals surface area contributed by atoms with E-state index in [4.69, 9.17) is 0 Å². The molecule has 0 bridgehead atoms. The first-order valence-corrected chi connectivity index (χ1v) is 7.02. The average Bonchev–Trinajstić information content (AvgIpc) is 2.92. The highest BCUT2D eigenvalue weighted by Gasteiger charge is 2.42. The van der Waals surface area contributed by atoms with E-state index >= 15 is 0 Å². The summed E-state index contributed by atoms with van der Waals surface area (Å²) in [5.74, 6) is -0.423. The highest BCUT2D eigenvalue weighted by atomic mass is 19.4. The van der Waals surface area contributed by atoms with E-state index in [1.807, 2.05) is 0 Å². The summed E-state index contributed by atoms with van der Waals surface area (Å²) in [5.41, 5.74) is 3.63. The van der Waals surface area contributed by atoms with Gasteiger partial charge >= 0.3 is 6.18 Å². The Morgan fingerprint density at radius 1 is 1.04 bits per heavy atom. The van der Waals surface area contributed by atoms with Gasteiger partial charge in [-0.2, -0.15) is 23.4 Å². The molecule has 6 nitrogen and oxygen atoms in total. The number of para-hydroxylation sites is 1. The zero-order valence-electron chi connectivity index (χ0n) is 12.0. The van der Waals surface area contributed by atoms with Gasteiger partial charge in [-0.3, -0.25) is 9.80 Å². The molecule has 1 unspecified atom stereocenters. The third kappa shape index (κ3) is 2.21. The molecule has 1 saturated heterocycles. The second-order valence-corrected chi connectivity index (χ2v) is 5.27. The number of amides is 1. The molecule has 2 aliphatic rings. The summed E-state index contributed by atoms with van der Waals surface area (Å²) < 4.78 is 37.9. The molecule has 0 spiro atoms. The number of nitrogens with one attached hydrogen (secondary N) is 1. The zero-order valence-corrected chi connectivity index (χ0v) is 12.0. The summed E-state index contributed by atoms with van der Waals surface area (Å²) in [6.07, 6.45) is -5.31. The Hall–Kier alpha value is -2.94. The Morgan fingerprint density at radius 3 is 2.46 bits per heavy atom. The quantitative estimate of drug-likeness (QED) is 0.870. The van der Waals surface area contributed by atoms with Gasteiger partial charge < -0.3 is 0 Å². The smallest absolute Gasteiger partial charge is 0.268 e. The van der Waals surface area contributed by atoms with E-state index in [1.165, 1.54) is 17.1 Å². The van der Waals surface area contributed by atoms with Crippen molar-refractivity contribution in [1.82, 2.24) is 5.53 Å². The first kappa shape index (κ1) is 14.6. The Kier molecular flexibility index (Phi) is 3.07. The normalized spacial score (nSPS) is 19.5. The standard InChI is InChI=1S/C15H10F3N5O/c16-15(17,18)9-5-7-10(8-6-9)22-14(24)13-20-19-11-3-1-2-4-12(11)23(13)21-22/h1-8,13,21H. The van der Waals surface area contributed by atoms with Crippen molar-refractivity contribution in [3.05, 3.63) is 54.1 Å². The van der Waals surface area contributed by atoms with Gasteiger partial charge in [0.05, 0.1) is 16.9 Å². The van der Waals surface area contributed by atoms with Crippen LogP contribution in [0.4, 0.5) is 30.2 Å². The summed E-state index contributed by atoms with van der Waals surface area (Å²) in [4.78, 5) is 12.5. The Labute approximate surface area is 134 Å². The summed E-state index contributed by atoms with van der Waals surface area (Å²) in [6, 6.07) is 11.4. The lowest BCUT2D eigenvalue weighted by atomic mass is 10.2. The average molecular weight is 333 g/mol. The SMILES string of the molecule is O=C1C2N=Nc3ccccc3N2NN1c1ccc(C(F)(F)F)cc1. The van der Waals surface area contributed by atoms with Crippen molar-refractivity contribution in [2.24, 2.45) is 10.2 Å². The van der Waals surface area contributed by atoms with Gasteiger partial charge in [0.25, 0.3) is 5.91 Å². The van der Waals surface area contributed by atoms with Crippen molar-refractivity contribution in [2.45, 2.75) is 12.3 Å². The number of carbonyl (C=O) groups excluding carboxylic acids is 1. The Morgan fingerprint density at radius 2 is 1.75 bits per heavy atom. The minimum atomic E-state index is -4.42. The number of nitrogens with zero attached hydrogens (tertiary/aromatic N) is 4. The Bertz CT molecular complexity index is 834. The third-order valence-corrected chi connectivity index (χ3v) is 3.76. The molecule has 1 atom stereocenters. The fourth-order valence-corrected chi connectivity index (χ4v) is 2.58. The molecule has 4 rings (SSSR count). The predicted octanol–water partition coefficient (Wildman–Crippen LogP) is 3.40. The fraction of sp³-hybridized carbons (Fsp3) is 0.133. The number of alkyl halides is 3. The fourth-order valence-electron chi connectivity index (χ4n) is 2.58. The number of hydrogen-bond acceptors (Lipinski definition) is 5. The van der Waals surface area contributed by atoms with Crippen LogP contribution in [-0.2, 0) is 11.0 Å². The maximum absolute atomic E-state index is 12.6.